The number of nitrogens with zero attached hydrogens (tertiary/aromatic N) is 1. The van der Waals surface area contributed by atoms with Crippen molar-refractivity contribution in [2.45, 2.75) is 26.0 Å². The molecule has 1 unspecified atom stereocenters. The minimum absolute atomic E-state index is 0.138. The van der Waals surface area contributed by atoms with Crippen LogP contribution in [-0.4, -0.2) is 47.0 Å². The molecule has 0 saturated carbocycles. The average Bonchev–Trinajstić information content (AvgIpc) is 2.77. The summed E-state index contributed by atoms with van der Waals surface area (Å²) >= 11 is 0. The smallest absolute Gasteiger partial charge is 0.191 e. The molecular weight excluding hydrogens is 389 g/mol. The molecule has 0 aromatic heterocycles. The van der Waals surface area contributed by atoms with Crippen molar-refractivity contribution in [3.8, 4) is 23.0 Å². The lowest BCUT2D eigenvalue weighted by Gasteiger charge is -2.20. The van der Waals surface area contributed by atoms with Crippen molar-refractivity contribution in [1.82, 2.24) is 10.6 Å². The summed E-state index contributed by atoms with van der Waals surface area (Å²) in [4.78, 5) is 4.24. The van der Waals surface area contributed by atoms with E-state index in [-0.39, 0.29) is 11.9 Å². The first-order valence-electron chi connectivity index (χ1n) is 9.70. The van der Waals surface area contributed by atoms with Crippen LogP contribution < -0.4 is 29.6 Å². The zero-order valence-corrected chi connectivity index (χ0v) is 18.1. The summed E-state index contributed by atoms with van der Waals surface area (Å²) in [5.41, 5.74) is 0.890. The van der Waals surface area contributed by atoms with E-state index in [1.807, 2.05) is 13.0 Å². The van der Waals surface area contributed by atoms with E-state index in [0.717, 1.165) is 12.0 Å². The Morgan fingerprint density at radius 2 is 1.70 bits per heavy atom. The van der Waals surface area contributed by atoms with Crippen LogP contribution in [0.25, 0.3) is 0 Å². The van der Waals surface area contributed by atoms with Crippen LogP contribution in [0.1, 0.15) is 18.9 Å². The molecule has 0 fully saturated rings. The van der Waals surface area contributed by atoms with Gasteiger partial charge in [0.1, 0.15) is 23.4 Å². The normalized spacial score (nSPS) is 12.1. The van der Waals surface area contributed by atoms with E-state index in [1.54, 1.807) is 46.6 Å². The molecule has 0 bridgehead atoms. The van der Waals surface area contributed by atoms with E-state index in [1.165, 1.54) is 12.1 Å². The highest BCUT2D eigenvalue weighted by molar-refractivity contribution is 5.79. The van der Waals surface area contributed by atoms with E-state index in [0.29, 0.717) is 42.0 Å². The highest BCUT2D eigenvalue weighted by Crippen LogP contribution is 2.34. The molecule has 30 heavy (non-hydrogen) atoms. The lowest BCUT2D eigenvalue weighted by atomic mass is 10.1. The zero-order chi connectivity index (χ0) is 21.9. The Kier molecular flexibility index (Phi) is 9.05. The number of benzene rings is 2. The second-order valence-corrected chi connectivity index (χ2v) is 6.43. The summed E-state index contributed by atoms with van der Waals surface area (Å²) < 4.78 is 35.4. The van der Waals surface area contributed by atoms with E-state index in [9.17, 15) is 4.39 Å². The van der Waals surface area contributed by atoms with Gasteiger partial charge in [0.05, 0.1) is 27.9 Å². The lowest BCUT2D eigenvalue weighted by molar-refractivity contribution is 0.198. The molecule has 0 radical (unpaired) electrons. The first kappa shape index (κ1) is 23.1. The number of methoxy groups -OCH3 is 3. The lowest BCUT2D eigenvalue weighted by Crippen LogP contribution is -2.42. The van der Waals surface area contributed by atoms with Gasteiger partial charge in [0, 0.05) is 31.3 Å². The molecule has 0 aliphatic heterocycles. The van der Waals surface area contributed by atoms with Crippen molar-refractivity contribution in [2.75, 3.05) is 34.9 Å². The van der Waals surface area contributed by atoms with Gasteiger partial charge < -0.3 is 29.6 Å². The predicted octanol–water partition coefficient (Wildman–Crippen LogP) is 3.37. The van der Waals surface area contributed by atoms with Crippen LogP contribution in [0, 0.1) is 5.82 Å². The number of rotatable bonds is 10. The van der Waals surface area contributed by atoms with Crippen LogP contribution >= 0.6 is 0 Å². The van der Waals surface area contributed by atoms with Gasteiger partial charge in [-0.1, -0.05) is 13.0 Å². The van der Waals surface area contributed by atoms with Crippen LogP contribution in [0.2, 0.25) is 0 Å². The minimum atomic E-state index is -0.323. The maximum Gasteiger partial charge on any atom is 0.191 e. The van der Waals surface area contributed by atoms with Crippen molar-refractivity contribution in [3.63, 3.8) is 0 Å². The number of hydrogen-bond donors (Lipinski definition) is 2. The van der Waals surface area contributed by atoms with Gasteiger partial charge in [-0.05, 0) is 24.6 Å². The van der Waals surface area contributed by atoms with E-state index < -0.39 is 0 Å². The van der Waals surface area contributed by atoms with Crippen molar-refractivity contribution < 1.29 is 23.3 Å². The highest BCUT2D eigenvalue weighted by Gasteiger charge is 2.13. The maximum absolute atomic E-state index is 13.4. The SMILES string of the molecule is CCC(CNC(=NC)NCc1cc(OC)c(OC)cc1OC)Oc1cccc(F)c1. The van der Waals surface area contributed by atoms with Gasteiger partial charge in [0.25, 0.3) is 0 Å². The number of guanidine groups is 1. The van der Waals surface area contributed by atoms with Crippen molar-refractivity contribution in [1.29, 1.82) is 0 Å². The standard InChI is InChI=1S/C22H30FN3O4/c1-6-17(30-18-9-7-8-16(23)11-18)14-26-22(24-2)25-13-15-10-20(28-4)21(29-5)12-19(15)27-3/h7-12,17H,6,13-14H2,1-5H3,(H2,24,25,26). The second kappa shape index (κ2) is 11.7. The molecule has 0 spiro atoms. The number of ether oxygens (including phenoxy) is 4. The third-order valence-corrected chi connectivity index (χ3v) is 4.51. The molecule has 0 saturated heterocycles. The topological polar surface area (TPSA) is 73.3 Å². The molecule has 0 heterocycles. The molecule has 164 valence electrons. The van der Waals surface area contributed by atoms with E-state index in [4.69, 9.17) is 18.9 Å². The Hall–Kier alpha value is -3.16. The van der Waals surface area contributed by atoms with Gasteiger partial charge in [-0.3, -0.25) is 4.99 Å². The number of nitrogens with one attached hydrogen (secondary N) is 2. The summed E-state index contributed by atoms with van der Waals surface area (Å²) in [6.07, 6.45) is 0.616. The van der Waals surface area contributed by atoms with Crippen molar-refractivity contribution >= 4 is 5.96 Å². The van der Waals surface area contributed by atoms with Gasteiger partial charge in [-0.25, -0.2) is 4.39 Å². The molecule has 7 nitrogen and oxygen atoms in total. The second-order valence-electron chi connectivity index (χ2n) is 6.43. The van der Waals surface area contributed by atoms with E-state index >= 15 is 0 Å². The number of aliphatic imine (C=N–C) groups is 1. The fraction of sp³-hybridized carbons (Fsp3) is 0.409. The summed E-state index contributed by atoms with van der Waals surface area (Å²) in [7, 11) is 6.46. The Labute approximate surface area is 177 Å². The van der Waals surface area contributed by atoms with Crippen LogP contribution in [0.4, 0.5) is 4.39 Å². The third kappa shape index (κ3) is 6.43. The molecule has 0 aliphatic rings. The Bertz CT molecular complexity index is 845. The number of halogens is 1. The molecular formula is C22H30FN3O4. The summed E-state index contributed by atoms with van der Waals surface area (Å²) in [5, 5.41) is 6.49. The Morgan fingerprint density at radius 1 is 1.00 bits per heavy atom. The summed E-state index contributed by atoms with van der Waals surface area (Å²) in [6.45, 7) is 2.98. The third-order valence-electron chi connectivity index (χ3n) is 4.51. The molecule has 2 aromatic rings. The van der Waals surface area contributed by atoms with Crippen LogP contribution in [0.15, 0.2) is 41.4 Å². The quantitative estimate of drug-likeness (QED) is 0.454. The molecule has 2 N–H and O–H groups in total. The first-order valence-corrected chi connectivity index (χ1v) is 9.70. The molecule has 2 rings (SSSR count). The van der Waals surface area contributed by atoms with Crippen LogP contribution in [-0.2, 0) is 6.54 Å². The Balaban J connectivity index is 1.97. The molecule has 0 aliphatic carbocycles. The monoisotopic (exact) mass is 419 g/mol. The predicted molar refractivity (Wildman–Crippen MR) is 115 cm³/mol. The van der Waals surface area contributed by atoms with Gasteiger partial charge >= 0.3 is 0 Å². The van der Waals surface area contributed by atoms with Crippen molar-refractivity contribution in [3.05, 3.63) is 47.8 Å². The summed E-state index contributed by atoms with van der Waals surface area (Å²) in [6, 6.07) is 9.77. The Morgan fingerprint density at radius 3 is 2.30 bits per heavy atom. The van der Waals surface area contributed by atoms with Crippen molar-refractivity contribution in [2.24, 2.45) is 4.99 Å². The maximum atomic E-state index is 13.4. The zero-order valence-electron chi connectivity index (χ0n) is 18.1. The first-order chi connectivity index (χ1) is 14.5. The largest absolute Gasteiger partial charge is 0.496 e. The van der Waals surface area contributed by atoms with Gasteiger partial charge in [0.15, 0.2) is 17.5 Å². The highest BCUT2D eigenvalue weighted by atomic mass is 19.1. The molecule has 8 heteroatoms. The molecule has 2 aromatic carbocycles. The fourth-order valence-corrected chi connectivity index (χ4v) is 2.84. The number of hydrogen-bond acceptors (Lipinski definition) is 5. The minimum Gasteiger partial charge on any atom is -0.496 e. The molecule has 0 amide bonds. The molecule has 1 atom stereocenters. The van der Waals surface area contributed by atoms with Gasteiger partial charge in [-0.15, -0.1) is 0 Å². The summed E-state index contributed by atoms with van der Waals surface area (Å²) in [5.74, 6) is 2.68. The van der Waals surface area contributed by atoms with Crippen LogP contribution in [0.3, 0.4) is 0 Å². The van der Waals surface area contributed by atoms with Gasteiger partial charge in [0.2, 0.25) is 0 Å². The van der Waals surface area contributed by atoms with E-state index in [2.05, 4.69) is 15.6 Å². The van der Waals surface area contributed by atoms with Crippen LogP contribution in [0.5, 0.6) is 23.0 Å². The van der Waals surface area contributed by atoms with Gasteiger partial charge in [-0.2, -0.15) is 0 Å². The fourth-order valence-electron chi connectivity index (χ4n) is 2.84. The average molecular weight is 419 g/mol.